The minimum Gasteiger partial charge on any atom is -0.480 e. The number of nitrogens with one attached hydrogen (secondary N) is 1. The lowest BCUT2D eigenvalue weighted by molar-refractivity contribution is -0.140. The molecule has 0 saturated heterocycles. The van der Waals surface area contributed by atoms with E-state index in [1.807, 2.05) is 13.8 Å². The molecule has 0 aromatic heterocycles. The molecule has 88 valence electrons. The number of carboxylic acids is 1. The second-order valence-electron chi connectivity index (χ2n) is 4.97. The van der Waals surface area contributed by atoms with Crippen LogP contribution in [0.3, 0.4) is 0 Å². The third-order valence-corrected chi connectivity index (χ3v) is 3.28. The summed E-state index contributed by atoms with van der Waals surface area (Å²) in [4.78, 5) is 11.0. The first-order valence-electron chi connectivity index (χ1n) is 6.07. The number of aliphatic carboxylic acids is 1. The predicted octanol–water partition coefficient (Wildman–Crippen LogP) is 2.27. The van der Waals surface area contributed by atoms with Crippen LogP contribution in [0, 0.1) is 11.8 Å². The highest BCUT2D eigenvalue weighted by Crippen LogP contribution is 2.23. The van der Waals surface area contributed by atoms with Crippen LogP contribution in [0.5, 0.6) is 0 Å². The molecular weight excluding hydrogens is 190 g/mol. The van der Waals surface area contributed by atoms with Crippen LogP contribution in [0.1, 0.15) is 46.0 Å². The molecular formula is C12H23NO2. The number of hydrogen-bond acceptors (Lipinski definition) is 2. The molecule has 0 heterocycles. The van der Waals surface area contributed by atoms with E-state index in [1.165, 1.54) is 32.1 Å². The first-order valence-corrected chi connectivity index (χ1v) is 6.07. The molecule has 0 spiro atoms. The molecule has 3 nitrogen and oxygen atoms in total. The molecule has 15 heavy (non-hydrogen) atoms. The van der Waals surface area contributed by atoms with E-state index in [1.54, 1.807) is 0 Å². The van der Waals surface area contributed by atoms with Gasteiger partial charge in [-0.15, -0.1) is 0 Å². The summed E-state index contributed by atoms with van der Waals surface area (Å²) < 4.78 is 0. The van der Waals surface area contributed by atoms with Crippen molar-refractivity contribution in [3.05, 3.63) is 0 Å². The molecule has 3 heteroatoms. The second-order valence-corrected chi connectivity index (χ2v) is 4.97. The van der Waals surface area contributed by atoms with Crippen LogP contribution in [0.4, 0.5) is 0 Å². The lowest BCUT2D eigenvalue weighted by Crippen LogP contribution is -2.43. The van der Waals surface area contributed by atoms with Gasteiger partial charge in [0.25, 0.3) is 0 Å². The first kappa shape index (κ1) is 12.5. The first-order chi connectivity index (χ1) is 7.11. The highest BCUT2D eigenvalue weighted by Gasteiger charge is 2.22. The summed E-state index contributed by atoms with van der Waals surface area (Å²) >= 11 is 0. The van der Waals surface area contributed by atoms with Crippen molar-refractivity contribution in [3.63, 3.8) is 0 Å². The Labute approximate surface area is 92.3 Å². The minimum atomic E-state index is -0.721. The van der Waals surface area contributed by atoms with Gasteiger partial charge in [-0.05, 0) is 31.2 Å². The van der Waals surface area contributed by atoms with Crippen LogP contribution in [0.2, 0.25) is 0 Å². The van der Waals surface area contributed by atoms with Gasteiger partial charge in [0.1, 0.15) is 6.04 Å². The molecule has 0 amide bonds. The Morgan fingerprint density at radius 1 is 1.33 bits per heavy atom. The number of hydrogen-bond donors (Lipinski definition) is 2. The van der Waals surface area contributed by atoms with E-state index in [0.29, 0.717) is 5.92 Å². The zero-order valence-corrected chi connectivity index (χ0v) is 9.83. The Morgan fingerprint density at radius 3 is 2.40 bits per heavy atom. The lowest BCUT2D eigenvalue weighted by Gasteiger charge is -2.25. The van der Waals surface area contributed by atoms with Gasteiger partial charge in [-0.25, -0.2) is 0 Å². The summed E-state index contributed by atoms with van der Waals surface area (Å²) in [6.45, 7) is 4.77. The molecule has 0 aliphatic heterocycles. The number of carbonyl (C=O) groups is 1. The maximum absolute atomic E-state index is 11.0. The van der Waals surface area contributed by atoms with Gasteiger partial charge in [-0.1, -0.05) is 33.1 Å². The SMILES string of the molecule is CC(C)C(NCC1CCCCC1)C(=O)O. The van der Waals surface area contributed by atoms with Crippen LogP contribution in [-0.4, -0.2) is 23.7 Å². The van der Waals surface area contributed by atoms with E-state index in [-0.39, 0.29) is 12.0 Å². The smallest absolute Gasteiger partial charge is 0.320 e. The van der Waals surface area contributed by atoms with Gasteiger partial charge in [0, 0.05) is 0 Å². The maximum atomic E-state index is 11.0. The van der Waals surface area contributed by atoms with Crippen molar-refractivity contribution in [1.29, 1.82) is 0 Å². The van der Waals surface area contributed by atoms with E-state index in [0.717, 1.165) is 6.54 Å². The number of rotatable bonds is 5. The van der Waals surface area contributed by atoms with E-state index in [2.05, 4.69) is 5.32 Å². The summed E-state index contributed by atoms with van der Waals surface area (Å²) in [5.41, 5.74) is 0. The Bertz CT molecular complexity index is 198. The van der Waals surface area contributed by atoms with Crippen molar-refractivity contribution in [3.8, 4) is 0 Å². The van der Waals surface area contributed by atoms with Gasteiger partial charge in [-0.2, -0.15) is 0 Å². The zero-order valence-electron chi connectivity index (χ0n) is 9.83. The van der Waals surface area contributed by atoms with Crippen molar-refractivity contribution in [2.24, 2.45) is 11.8 Å². The summed E-state index contributed by atoms with van der Waals surface area (Å²) in [5, 5.41) is 12.2. The normalized spacial score (nSPS) is 20.5. The van der Waals surface area contributed by atoms with E-state index < -0.39 is 5.97 Å². The van der Waals surface area contributed by atoms with Crippen molar-refractivity contribution < 1.29 is 9.90 Å². The Kier molecular flexibility index (Phi) is 5.09. The molecule has 0 radical (unpaired) electrons. The maximum Gasteiger partial charge on any atom is 0.320 e. The summed E-state index contributed by atoms with van der Waals surface area (Å²) in [5.74, 6) is 0.131. The summed E-state index contributed by atoms with van der Waals surface area (Å²) in [7, 11) is 0. The topological polar surface area (TPSA) is 49.3 Å². The molecule has 0 bridgehead atoms. The van der Waals surface area contributed by atoms with Gasteiger partial charge < -0.3 is 10.4 Å². The minimum absolute atomic E-state index is 0.158. The van der Waals surface area contributed by atoms with Gasteiger partial charge in [0.05, 0.1) is 0 Å². The van der Waals surface area contributed by atoms with Crippen molar-refractivity contribution in [1.82, 2.24) is 5.32 Å². The molecule has 1 unspecified atom stereocenters. The van der Waals surface area contributed by atoms with Crippen molar-refractivity contribution in [2.45, 2.75) is 52.0 Å². The molecule has 1 rings (SSSR count). The van der Waals surface area contributed by atoms with Crippen molar-refractivity contribution in [2.75, 3.05) is 6.54 Å². The highest BCUT2D eigenvalue weighted by molar-refractivity contribution is 5.73. The fourth-order valence-corrected chi connectivity index (χ4v) is 2.29. The van der Waals surface area contributed by atoms with E-state index >= 15 is 0 Å². The fraction of sp³-hybridized carbons (Fsp3) is 0.917. The molecule has 1 fully saturated rings. The van der Waals surface area contributed by atoms with E-state index in [9.17, 15) is 4.79 Å². The van der Waals surface area contributed by atoms with Crippen LogP contribution in [0.25, 0.3) is 0 Å². The Hall–Kier alpha value is -0.570. The fourth-order valence-electron chi connectivity index (χ4n) is 2.29. The van der Waals surface area contributed by atoms with Crippen LogP contribution in [-0.2, 0) is 4.79 Å². The van der Waals surface area contributed by atoms with E-state index in [4.69, 9.17) is 5.11 Å². The molecule has 1 aliphatic carbocycles. The monoisotopic (exact) mass is 213 g/mol. The number of carboxylic acid groups (broad SMARTS) is 1. The average Bonchev–Trinajstić information content (AvgIpc) is 2.18. The van der Waals surface area contributed by atoms with Crippen LogP contribution < -0.4 is 5.32 Å². The molecule has 2 N–H and O–H groups in total. The van der Waals surface area contributed by atoms with Crippen LogP contribution in [0.15, 0.2) is 0 Å². The van der Waals surface area contributed by atoms with Gasteiger partial charge >= 0.3 is 5.97 Å². The molecule has 1 aliphatic rings. The average molecular weight is 213 g/mol. The quantitative estimate of drug-likeness (QED) is 0.736. The largest absolute Gasteiger partial charge is 0.480 e. The molecule has 1 saturated carbocycles. The van der Waals surface area contributed by atoms with Gasteiger partial charge in [0.2, 0.25) is 0 Å². The lowest BCUT2D eigenvalue weighted by atomic mass is 9.89. The Balaban J connectivity index is 2.29. The third kappa shape index (κ3) is 4.20. The highest BCUT2D eigenvalue weighted by atomic mass is 16.4. The Morgan fingerprint density at radius 2 is 1.93 bits per heavy atom. The van der Waals surface area contributed by atoms with Gasteiger partial charge in [0.15, 0.2) is 0 Å². The van der Waals surface area contributed by atoms with Gasteiger partial charge in [-0.3, -0.25) is 4.79 Å². The van der Waals surface area contributed by atoms with Crippen LogP contribution >= 0.6 is 0 Å². The molecule has 0 aromatic carbocycles. The molecule has 1 atom stereocenters. The molecule has 0 aromatic rings. The second kappa shape index (κ2) is 6.11. The van der Waals surface area contributed by atoms with Crippen molar-refractivity contribution >= 4 is 5.97 Å². The predicted molar refractivity (Wildman–Crippen MR) is 60.8 cm³/mol. The third-order valence-electron chi connectivity index (χ3n) is 3.28. The standard InChI is InChI=1S/C12H23NO2/c1-9(2)11(12(14)15)13-8-10-6-4-3-5-7-10/h9-11,13H,3-8H2,1-2H3,(H,14,15). The zero-order chi connectivity index (χ0) is 11.3. The summed E-state index contributed by atoms with van der Waals surface area (Å²) in [6.07, 6.45) is 6.50. The summed E-state index contributed by atoms with van der Waals surface area (Å²) in [6, 6.07) is -0.382.